The fourth-order valence-corrected chi connectivity index (χ4v) is 1.71. The molecule has 0 aliphatic rings. The molecule has 1 N–H and O–H groups in total. The van der Waals surface area contributed by atoms with Gasteiger partial charge >= 0.3 is 5.97 Å². The van der Waals surface area contributed by atoms with Crippen molar-refractivity contribution in [2.75, 3.05) is 0 Å². The van der Waals surface area contributed by atoms with E-state index in [1.54, 1.807) is 0 Å². The van der Waals surface area contributed by atoms with Crippen molar-refractivity contribution in [3.63, 3.8) is 0 Å². The molecule has 0 heterocycles. The Bertz CT molecular complexity index is 430. The highest BCUT2D eigenvalue weighted by Crippen LogP contribution is 2.13. The summed E-state index contributed by atoms with van der Waals surface area (Å²) in [5.41, 5.74) is 2.51. The van der Waals surface area contributed by atoms with Gasteiger partial charge in [-0.25, -0.2) is 0 Å². The molecule has 0 aromatic heterocycles. The molecule has 0 unspecified atom stereocenters. The zero-order valence-corrected chi connectivity index (χ0v) is 10.8. The van der Waals surface area contributed by atoms with Crippen molar-refractivity contribution < 1.29 is 9.90 Å². The molecule has 0 saturated heterocycles. The van der Waals surface area contributed by atoms with E-state index >= 15 is 0 Å². The fourth-order valence-electron chi connectivity index (χ4n) is 1.71. The van der Waals surface area contributed by atoms with Crippen LogP contribution in [0, 0.1) is 0 Å². The Morgan fingerprint density at radius 2 is 2.06 bits per heavy atom. The molecule has 18 heavy (non-hydrogen) atoms. The van der Waals surface area contributed by atoms with Crippen molar-refractivity contribution >= 4 is 12.0 Å². The third-order valence-electron chi connectivity index (χ3n) is 2.69. The van der Waals surface area contributed by atoms with Crippen LogP contribution in [-0.2, 0) is 11.2 Å². The number of unbranched alkanes of at least 4 members (excludes halogenated alkanes) is 1. The van der Waals surface area contributed by atoms with Gasteiger partial charge in [-0.05, 0) is 37.3 Å². The summed E-state index contributed by atoms with van der Waals surface area (Å²) in [6, 6.07) is 8.28. The fraction of sp³-hybridized carbons (Fsp3) is 0.312. The number of carboxylic acids is 1. The quantitative estimate of drug-likeness (QED) is 0.580. The molecule has 0 aliphatic heterocycles. The van der Waals surface area contributed by atoms with Crippen LogP contribution in [0.2, 0.25) is 0 Å². The minimum absolute atomic E-state index is 0.241. The van der Waals surface area contributed by atoms with E-state index < -0.39 is 5.97 Å². The predicted molar refractivity (Wildman–Crippen MR) is 75.5 cm³/mol. The monoisotopic (exact) mass is 244 g/mol. The average Bonchev–Trinajstić information content (AvgIpc) is 2.36. The molecular formula is C16H20O2. The average molecular weight is 244 g/mol. The van der Waals surface area contributed by atoms with E-state index in [-0.39, 0.29) is 6.42 Å². The van der Waals surface area contributed by atoms with Gasteiger partial charge in [0.1, 0.15) is 0 Å². The summed E-state index contributed by atoms with van der Waals surface area (Å²) in [6.07, 6.45) is 11.0. The van der Waals surface area contributed by atoms with E-state index in [4.69, 9.17) is 5.11 Å². The van der Waals surface area contributed by atoms with Gasteiger partial charge in [-0.15, -0.1) is 0 Å². The Labute approximate surface area is 109 Å². The standard InChI is InChI=1S/C16H20O2/c1-2-3-9-14-11-7-8-12-15(14)10-5-4-6-13-16(17)18/h2-3,5,7-8,10-12H,4,6,9,13H2,1H3,(H,17,18)/b3-2+,10-5+. The van der Waals surface area contributed by atoms with Crippen LogP contribution in [0.1, 0.15) is 37.3 Å². The summed E-state index contributed by atoms with van der Waals surface area (Å²) in [7, 11) is 0. The Morgan fingerprint density at radius 3 is 2.78 bits per heavy atom. The summed E-state index contributed by atoms with van der Waals surface area (Å²) >= 11 is 0. The number of allylic oxidation sites excluding steroid dienone is 3. The predicted octanol–water partition coefficient (Wildman–Crippen LogP) is 4.07. The largest absolute Gasteiger partial charge is 0.481 e. The van der Waals surface area contributed by atoms with Crippen LogP contribution in [0.15, 0.2) is 42.5 Å². The van der Waals surface area contributed by atoms with Gasteiger partial charge in [0.05, 0.1) is 0 Å². The summed E-state index contributed by atoms with van der Waals surface area (Å²) in [4.78, 5) is 10.4. The van der Waals surface area contributed by atoms with Gasteiger partial charge in [-0.1, -0.05) is 48.6 Å². The Hall–Kier alpha value is -1.83. The molecular weight excluding hydrogens is 224 g/mol. The lowest BCUT2D eigenvalue weighted by atomic mass is 10.0. The van der Waals surface area contributed by atoms with E-state index in [2.05, 4.69) is 30.4 Å². The molecule has 0 spiro atoms. The molecule has 0 aliphatic carbocycles. The van der Waals surface area contributed by atoms with Gasteiger partial charge in [-0.2, -0.15) is 0 Å². The van der Waals surface area contributed by atoms with Crippen molar-refractivity contribution in [2.45, 2.75) is 32.6 Å². The zero-order valence-electron chi connectivity index (χ0n) is 10.8. The second-order valence-electron chi connectivity index (χ2n) is 4.16. The summed E-state index contributed by atoms with van der Waals surface area (Å²) in [5.74, 6) is -0.725. The normalized spacial score (nSPS) is 11.4. The van der Waals surface area contributed by atoms with Crippen LogP contribution >= 0.6 is 0 Å². The number of benzene rings is 1. The maximum atomic E-state index is 10.4. The summed E-state index contributed by atoms with van der Waals surface area (Å²) < 4.78 is 0. The lowest BCUT2D eigenvalue weighted by molar-refractivity contribution is -0.137. The van der Waals surface area contributed by atoms with Crippen LogP contribution in [0.25, 0.3) is 6.08 Å². The highest BCUT2D eigenvalue weighted by Gasteiger charge is 1.96. The van der Waals surface area contributed by atoms with Crippen LogP contribution in [0.4, 0.5) is 0 Å². The van der Waals surface area contributed by atoms with Crippen molar-refractivity contribution in [3.05, 3.63) is 53.6 Å². The maximum Gasteiger partial charge on any atom is 0.303 e. The van der Waals surface area contributed by atoms with E-state index in [1.807, 2.05) is 25.1 Å². The third kappa shape index (κ3) is 5.48. The Balaban J connectivity index is 2.54. The molecule has 96 valence electrons. The molecule has 2 heteroatoms. The molecule has 0 fully saturated rings. The van der Waals surface area contributed by atoms with Crippen LogP contribution in [0.5, 0.6) is 0 Å². The van der Waals surface area contributed by atoms with Gasteiger partial charge in [0, 0.05) is 6.42 Å². The van der Waals surface area contributed by atoms with Crippen LogP contribution in [0.3, 0.4) is 0 Å². The van der Waals surface area contributed by atoms with Gasteiger partial charge in [0.25, 0.3) is 0 Å². The highest BCUT2D eigenvalue weighted by atomic mass is 16.4. The lowest BCUT2D eigenvalue weighted by Gasteiger charge is -2.02. The van der Waals surface area contributed by atoms with E-state index in [9.17, 15) is 4.79 Å². The highest BCUT2D eigenvalue weighted by molar-refractivity contribution is 5.66. The second kappa shape index (κ2) is 8.29. The number of rotatable bonds is 7. The van der Waals surface area contributed by atoms with E-state index in [0.717, 1.165) is 12.8 Å². The second-order valence-corrected chi connectivity index (χ2v) is 4.16. The number of carboxylic acid groups (broad SMARTS) is 1. The first-order valence-electron chi connectivity index (χ1n) is 6.31. The summed E-state index contributed by atoms with van der Waals surface area (Å²) in [6.45, 7) is 2.02. The van der Waals surface area contributed by atoms with Crippen molar-refractivity contribution in [1.29, 1.82) is 0 Å². The van der Waals surface area contributed by atoms with Gasteiger partial charge in [0.2, 0.25) is 0 Å². The molecule has 1 rings (SSSR count). The first kappa shape index (κ1) is 14.2. The summed E-state index contributed by atoms with van der Waals surface area (Å²) in [5, 5.41) is 8.54. The van der Waals surface area contributed by atoms with Crippen LogP contribution in [-0.4, -0.2) is 11.1 Å². The molecule has 0 saturated carbocycles. The lowest BCUT2D eigenvalue weighted by Crippen LogP contribution is -1.92. The molecule has 2 nitrogen and oxygen atoms in total. The van der Waals surface area contributed by atoms with Gasteiger partial charge in [-0.3, -0.25) is 4.79 Å². The molecule has 0 bridgehead atoms. The first-order chi connectivity index (χ1) is 8.74. The zero-order chi connectivity index (χ0) is 13.2. The molecule has 1 aromatic rings. The Morgan fingerprint density at radius 1 is 1.28 bits per heavy atom. The first-order valence-corrected chi connectivity index (χ1v) is 6.31. The van der Waals surface area contributed by atoms with Crippen molar-refractivity contribution in [1.82, 2.24) is 0 Å². The molecule has 0 atom stereocenters. The van der Waals surface area contributed by atoms with Gasteiger partial charge < -0.3 is 5.11 Å². The number of hydrogen-bond donors (Lipinski definition) is 1. The van der Waals surface area contributed by atoms with E-state index in [0.29, 0.717) is 6.42 Å². The maximum absolute atomic E-state index is 10.4. The number of hydrogen-bond acceptors (Lipinski definition) is 1. The van der Waals surface area contributed by atoms with Gasteiger partial charge in [0.15, 0.2) is 0 Å². The molecule has 0 radical (unpaired) electrons. The smallest absolute Gasteiger partial charge is 0.303 e. The molecule has 1 aromatic carbocycles. The van der Waals surface area contributed by atoms with Crippen LogP contribution < -0.4 is 0 Å². The SMILES string of the molecule is C/C=C/Cc1ccccc1/C=C/CCCC(=O)O. The topological polar surface area (TPSA) is 37.3 Å². The molecule has 0 amide bonds. The van der Waals surface area contributed by atoms with Crippen molar-refractivity contribution in [3.8, 4) is 0 Å². The third-order valence-corrected chi connectivity index (χ3v) is 2.69. The number of aliphatic carboxylic acids is 1. The Kier molecular flexibility index (Phi) is 6.55. The minimum atomic E-state index is -0.725. The van der Waals surface area contributed by atoms with Crippen molar-refractivity contribution in [2.24, 2.45) is 0 Å². The number of carbonyl (C=O) groups is 1. The minimum Gasteiger partial charge on any atom is -0.481 e. The van der Waals surface area contributed by atoms with E-state index in [1.165, 1.54) is 11.1 Å².